The third kappa shape index (κ3) is 5.98. The SMILES string of the molecule is Cc1c(C(=O)NCC(F)F)cc(Nc2nc(-c3cnc4c(c3)N([C@H]3C[C@@](C)(N5CCCCC5)C3)C(=O)C4(C)C)cc3ncn(C(C)C)c23)c(F)c1F. The Bertz CT molecular complexity index is 2070. The van der Waals surface area contributed by atoms with Crippen LogP contribution in [0.2, 0.25) is 0 Å². The Morgan fingerprint density at radius 2 is 1.73 bits per heavy atom. The molecule has 1 saturated carbocycles. The van der Waals surface area contributed by atoms with Crippen LogP contribution < -0.4 is 15.5 Å². The molecule has 2 aliphatic heterocycles. The number of fused-ring (bicyclic) bond motifs is 2. The Morgan fingerprint density at radius 1 is 1.02 bits per heavy atom. The van der Waals surface area contributed by atoms with Gasteiger partial charge in [-0.05, 0) is 98.5 Å². The second-order valence-electron chi connectivity index (χ2n) is 15.4. The number of carbonyl (C=O) groups excluding carboxylic acids is 2. The van der Waals surface area contributed by atoms with Crippen LogP contribution in [0.25, 0.3) is 22.3 Å². The van der Waals surface area contributed by atoms with Crippen molar-refractivity contribution in [2.45, 2.75) is 103 Å². The molecule has 0 radical (unpaired) electrons. The topological polar surface area (TPSA) is 108 Å². The maximum atomic E-state index is 15.5. The minimum absolute atomic E-state index is 0.00421. The number of halogens is 4. The highest BCUT2D eigenvalue weighted by Gasteiger charge is 2.54. The molecule has 10 nitrogen and oxygen atoms in total. The van der Waals surface area contributed by atoms with Gasteiger partial charge < -0.3 is 20.1 Å². The van der Waals surface area contributed by atoms with E-state index in [0.29, 0.717) is 28.0 Å². The number of rotatable bonds is 9. The Labute approximate surface area is 300 Å². The molecular weight excluding hydrogens is 676 g/mol. The smallest absolute Gasteiger partial charge is 0.255 e. The number of alkyl halides is 2. The van der Waals surface area contributed by atoms with Crippen molar-refractivity contribution >= 4 is 40.0 Å². The molecule has 0 atom stereocenters. The number of hydrogen-bond acceptors (Lipinski definition) is 7. The van der Waals surface area contributed by atoms with Crippen molar-refractivity contribution in [3.8, 4) is 11.3 Å². The average molecular weight is 721 g/mol. The number of hydrogen-bond donors (Lipinski definition) is 2. The minimum atomic E-state index is -2.82. The summed E-state index contributed by atoms with van der Waals surface area (Å²) in [5.41, 5.74) is 1.65. The molecule has 0 spiro atoms. The summed E-state index contributed by atoms with van der Waals surface area (Å²) in [6, 6.07) is 4.72. The summed E-state index contributed by atoms with van der Waals surface area (Å²) in [4.78, 5) is 45.5. The minimum Gasteiger partial charge on any atom is -0.346 e. The van der Waals surface area contributed by atoms with Gasteiger partial charge in [0.25, 0.3) is 12.3 Å². The van der Waals surface area contributed by atoms with Crippen LogP contribution in [0.15, 0.2) is 30.7 Å². The third-order valence-corrected chi connectivity index (χ3v) is 11.1. The molecule has 7 rings (SSSR count). The first-order chi connectivity index (χ1) is 24.6. The number of imidazole rings is 1. The number of amides is 2. The second kappa shape index (κ2) is 13.1. The summed E-state index contributed by atoms with van der Waals surface area (Å²) in [6.45, 7) is 12.4. The summed E-state index contributed by atoms with van der Waals surface area (Å²) in [6.07, 6.45) is 5.84. The van der Waals surface area contributed by atoms with Gasteiger partial charge in [-0.25, -0.2) is 27.5 Å². The van der Waals surface area contributed by atoms with Crippen LogP contribution in [0.4, 0.5) is 34.8 Å². The zero-order valence-corrected chi connectivity index (χ0v) is 30.3. The molecule has 52 heavy (non-hydrogen) atoms. The lowest BCUT2D eigenvalue weighted by atomic mass is 9.71. The number of likely N-dealkylation sites (tertiary alicyclic amines) is 1. The first-order valence-corrected chi connectivity index (χ1v) is 17.9. The van der Waals surface area contributed by atoms with E-state index in [-0.39, 0.29) is 40.5 Å². The lowest BCUT2D eigenvalue weighted by molar-refractivity contribution is -0.123. The van der Waals surface area contributed by atoms with Crippen molar-refractivity contribution in [1.82, 2.24) is 29.7 Å². The van der Waals surface area contributed by atoms with Crippen molar-refractivity contribution in [1.29, 1.82) is 0 Å². The highest BCUT2D eigenvalue weighted by atomic mass is 19.3. The van der Waals surface area contributed by atoms with Gasteiger partial charge in [-0.2, -0.15) is 0 Å². The van der Waals surface area contributed by atoms with Crippen molar-refractivity contribution in [3.05, 3.63) is 59.2 Å². The molecule has 4 aromatic rings. The van der Waals surface area contributed by atoms with E-state index in [0.717, 1.165) is 37.7 Å². The largest absolute Gasteiger partial charge is 0.346 e. The van der Waals surface area contributed by atoms with Crippen LogP contribution >= 0.6 is 0 Å². The number of anilines is 3. The average Bonchev–Trinajstić information content (AvgIpc) is 3.62. The molecule has 2 N–H and O–H groups in total. The van der Waals surface area contributed by atoms with E-state index in [1.165, 1.54) is 26.2 Å². The highest BCUT2D eigenvalue weighted by Crippen LogP contribution is 2.50. The van der Waals surface area contributed by atoms with Gasteiger partial charge in [0.1, 0.15) is 5.52 Å². The van der Waals surface area contributed by atoms with Crippen LogP contribution in [-0.4, -0.2) is 73.9 Å². The molecule has 1 saturated heterocycles. The van der Waals surface area contributed by atoms with Crippen molar-refractivity contribution < 1.29 is 27.2 Å². The number of benzene rings is 1. The normalized spacial score (nSPS) is 21.6. The van der Waals surface area contributed by atoms with Gasteiger partial charge in [-0.3, -0.25) is 19.5 Å². The van der Waals surface area contributed by atoms with E-state index in [1.807, 2.05) is 43.2 Å². The molecule has 3 aromatic heterocycles. The highest BCUT2D eigenvalue weighted by molar-refractivity contribution is 6.08. The number of nitrogens with one attached hydrogen (secondary N) is 2. The Balaban J connectivity index is 1.28. The lowest BCUT2D eigenvalue weighted by Crippen LogP contribution is -2.64. The predicted octanol–water partition coefficient (Wildman–Crippen LogP) is 7.43. The monoisotopic (exact) mass is 720 g/mol. The van der Waals surface area contributed by atoms with E-state index < -0.39 is 41.6 Å². The van der Waals surface area contributed by atoms with E-state index in [4.69, 9.17) is 9.97 Å². The zero-order valence-electron chi connectivity index (χ0n) is 30.3. The van der Waals surface area contributed by atoms with Crippen molar-refractivity contribution in [3.63, 3.8) is 0 Å². The second-order valence-corrected chi connectivity index (χ2v) is 15.4. The molecule has 2 fully saturated rings. The lowest BCUT2D eigenvalue weighted by Gasteiger charge is -2.55. The van der Waals surface area contributed by atoms with E-state index in [9.17, 15) is 18.4 Å². The number of pyridine rings is 2. The molecule has 2 amide bonds. The molecule has 5 heterocycles. The standard InChI is InChI=1S/C38H44F4N8O2/c1-20(2)49-19-45-27-14-25(46-34(32(27)49)47-26-13-24(21(3)30(41)31(26)42)35(51)44-18-29(39)40)22-12-28-33(43-17-22)37(4,5)36(52)50(28)23-15-38(6,16-23)48-10-8-7-9-11-48/h12-14,17,19-20,23,29H,7-11,15-16,18H2,1-6H3,(H,44,51)(H,46,47)/t23-,38+. The van der Waals surface area contributed by atoms with Gasteiger partial charge in [-0.15, -0.1) is 0 Å². The molecule has 1 aromatic carbocycles. The van der Waals surface area contributed by atoms with Crippen LogP contribution in [0.3, 0.4) is 0 Å². The van der Waals surface area contributed by atoms with Gasteiger partial charge in [0.2, 0.25) is 5.91 Å². The van der Waals surface area contributed by atoms with Gasteiger partial charge >= 0.3 is 0 Å². The molecule has 0 bridgehead atoms. The van der Waals surface area contributed by atoms with E-state index in [1.54, 1.807) is 18.6 Å². The van der Waals surface area contributed by atoms with Crippen molar-refractivity contribution in [2.24, 2.45) is 0 Å². The van der Waals surface area contributed by atoms with E-state index >= 15 is 8.78 Å². The van der Waals surface area contributed by atoms with Gasteiger partial charge in [0.05, 0.1) is 46.6 Å². The predicted molar refractivity (Wildman–Crippen MR) is 191 cm³/mol. The molecule has 1 aliphatic carbocycles. The number of nitrogens with zero attached hydrogens (tertiary/aromatic N) is 6. The Kier molecular flexibility index (Phi) is 9.03. The molecule has 3 aliphatic rings. The van der Waals surface area contributed by atoms with Crippen LogP contribution in [0.1, 0.15) is 94.4 Å². The molecule has 0 unspecified atom stereocenters. The quantitative estimate of drug-likeness (QED) is 0.173. The summed E-state index contributed by atoms with van der Waals surface area (Å²) >= 11 is 0. The molecule has 14 heteroatoms. The van der Waals surface area contributed by atoms with Crippen LogP contribution in [0, 0.1) is 18.6 Å². The number of piperidine rings is 1. The van der Waals surface area contributed by atoms with E-state index in [2.05, 4.69) is 27.4 Å². The summed E-state index contributed by atoms with van der Waals surface area (Å²) < 4.78 is 58.2. The summed E-state index contributed by atoms with van der Waals surface area (Å²) in [5, 5.41) is 4.94. The van der Waals surface area contributed by atoms with Crippen molar-refractivity contribution in [2.75, 3.05) is 29.9 Å². The van der Waals surface area contributed by atoms with Gasteiger partial charge in [0.15, 0.2) is 17.5 Å². The van der Waals surface area contributed by atoms with Crippen LogP contribution in [0.5, 0.6) is 0 Å². The fourth-order valence-electron chi connectivity index (χ4n) is 8.09. The number of carbonyl (C=O) groups is 2. The van der Waals surface area contributed by atoms with Gasteiger partial charge in [-0.1, -0.05) is 6.42 Å². The Hall–Kier alpha value is -4.59. The zero-order chi connectivity index (χ0) is 37.3. The maximum absolute atomic E-state index is 15.5. The Morgan fingerprint density at radius 3 is 2.40 bits per heavy atom. The first kappa shape index (κ1) is 35.8. The first-order valence-electron chi connectivity index (χ1n) is 17.9. The third-order valence-electron chi connectivity index (χ3n) is 11.1. The molecule has 276 valence electrons. The fourth-order valence-corrected chi connectivity index (χ4v) is 8.09. The maximum Gasteiger partial charge on any atom is 0.255 e. The fraction of sp³-hybridized carbons (Fsp3) is 0.500. The van der Waals surface area contributed by atoms with Crippen LogP contribution in [-0.2, 0) is 10.2 Å². The molecular formula is C38H44F4N8O2. The summed E-state index contributed by atoms with van der Waals surface area (Å²) in [7, 11) is 0. The number of aromatic nitrogens is 4. The van der Waals surface area contributed by atoms with Gasteiger partial charge in [0, 0.05) is 40.5 Å². The summed E-state index contributed by atoms with van der Waals surface area (Å²) in [5.74, 6) is -3.38.